The lowest BCUT2D eigenvalue weighted by molar-refractivity contribution is -0.123. The average molecular weight is 315 g/mol. The van der Waals surface area contributed by atoms with Crippen LogP contribution < -0.4 is 10.2 Å². The number of nitrogens with one attached hydrogen (secondary N) is 2. The summed E-state index contributed by atoms with van der Waals surface area (Å²) in [6.45, 7) is 1.88. The zero-order valence-corrected chi connectivity index (χ0v) is 12.6. The van der Waals surface area contributed by atoms with Gasteiger partial charge in [0.25, 0.3) is 5.91 Å². The van der Waals surface area contributed by atoms with Crippen LogP contribution in [0.2, 0.25) is 0 Å². The van der Waals surface area contributed by atoms with E-state index in [4.69, 9.17) is 9.47 Å². The molecule has 0 saturated carbocycles. The van der Waals surface area contributed by atoms with E-state index in [-0.39, 0.29) is 12.5 Å². The zero-order valence-electron chi connectivity index (χ0n) is 12.6. The number of benzene rings is 1. The molecule has 1 aromatic carbocycles. The first-order valence-corrected chi connectivity index (χ1v) is 7.04. The lowest BCUT2D eigenvalue weighted by Gasteiger charge is -2.06. The van der Waals surface area contributed by atoms with Crippen LogP contribution in [-0.4, -0.2) is 36.3 Å². The van der Waals surface area contributed by atoms with Gasteiger partial charge < -0.3 is 14.5 Å². The van der Waals surface area contributed by atoms with Gasteiger partial charge in [-0.1, -0.05) is 0 Å². The minimum absolute atomic E-state index is 0.180. The van der Waals surface area contributed by atoms with Crippen molar-refractivity contribution >= 4 is 18.1 Å². The molecule has 0 atom stereocenters. The molecule has 0 spiro atoms. The fourth-order valence-corrected chi connectivity index (χ4v) is 1.68. The number of hydrogen-bond acceptors (Lipinski definition) is 5. The van der Waals surface area contributed by atoms with Crippen LogP contribution in [0.25, 0.3) is 0 Å². The molecule has 1 heterocycles. The highest BCUT2D eigenvalue weighted by molar-refractivity contribution is 5.89. The quantitative estimate of drug-likeness (QED) is 0.462. The fraction of sp³-hybridized carbons (Fsp3) is 0.188. The van der Waals surface area contributed by atoms with Gasteiger partial charge in [0.05, 0.1) is 24.1 Å². The second-order valence-corrected chi connectivity index (χ2v) is 4.45. The van der Waals surface area contributed by atoms with E-state index in [2.05, 4.69) is 15.5 Å². The molecule has 0 fully saturated rings. The number of esters is 1. The highest BCUT2D eigenvalue weighted by Crippen LogP contribution is 2.12. The first-order chi connectivity index (χ1) is 11.2. The highest BCUT2D eigenvalue weighted by Gasteiger charge is 2.06. The van der Waals surface area contributed by atoms with Crippen molar-refractivity contribution < 1.29 is 19.1 Å². The van der Waals surface area contributed by atoms with E-state index >= 15 is 0 Å². The van der Waals surface area contributed by atoms with Crippen molar-refractivity contribution in [2.45, 2.75) is 6.92 Å². The largest absolute Gasteiger partial charge is 0.484 e. The molecule has 7 nitrogen and oxygen atoms in total. The van der Waals surface area contributed by atoms with Crippen molar-refractivity contribution in [1.29, 1.82) is 0 Å². The molecule has 120 valence electrons. The Morgan fingerprint density at radius 3 is 2.70 bits per heavy atom. The second-order valence-electron chi connectivity index (χ2n) is 4.45. The third-order valence-corrected chi connectivity index (χ3v) is 2.75. The van der Waals surface area contributed by atoms with Gasteiger partial charge in [-0.25, -0.2) is 10.2 Å². The third-order valence-electron chi connectivity index (χ3n) is 2.75. The van der Waals surface area contributed by atoms with E-state index in [1.165, 1.54) is 6.21 Å². The molecule has 0 saturated heterocycles. The van der Waals surface area contributed by atoms with Crippen molar-refractivity contribution in [3.63, 3.8) is 0 Å². The molecule has 1 amide bonds. The van der Waals surface area contributed by atoms with Gasteiger partial charge in [0, 0.05) is 6.20 Å². The molecular formula is C16H17N3O4. The summed E-state index contributed by atoms with van der Waals surface area (Å²) in [7, 11) is 0. The molecule has 2 aromatic rings. The van der Waals surface area contributed by atoms with E-state index in [9.17, 15) is 9.59 Å². The number of ether oxygens (including phenoxy) is 2. The maximum atomic E-state index is 11.6. The first-order valence-electron chi connectivity index (χ1n) is 7.04. The number of rotatable bonds is 7. The van der Waals surface area contributed by atoms with Crippen molar-refractivity contribution in [3.8, 4) is 5.75 Å². The van der Waals surface area contributed by atoms with Crippen molar-refractivity contribution in [1.82, 2.24) is 10.4 Å². The molecule has 0 radical (unpaired) electrons. The van der Waals surface area contributed by atoms with E-state index in [0.717, 1.165) is 5.69 Å². The monoisotopic (exact) mass is 315 g/mol. The number of H-pyrrole nitrogens is 1. The molecule has 0 unspecified atom stereocenters. The molecule has 0 aliphatic heterocycles. The van der Waals surface area contributed by atoms with Gasteiger partial charge >= 0.3 is 5.97 Å². The minimum atomic E-state index is -0.393. The molecule has 2 rings (SSSR count). The van der Waals surface area contributed by atoms with Crippen LogP contribution in [0, 0.1) is 0 Å². The molecule has 7 heteroatoms. The van der Waals surface area contributed by atoms with E-state index in [1.807, 2.05) is 12.1 Å². The topological polar surface area (TPSA) is 92.8 Å². The van der Waals surface area contributed by atoms with Crippen LogP contribution in [0.4, 0.5) is 0 Å². The van der Waals surface area contributed by atoms with Crippen molar-refractivity contribution in [2.75, 3.05) is 13.2 Å². The van der Waals surface area contributed by atoms with Crippen LogP contribution in [0.15, 0.2) is 47.7 Å². The maximum absolute atomic E-state index is 11.6. The number of hydrogen-bond donors (Lipinski definition) is 2. The molecule has 2 N–H and O–H groups in total. The summed E-state index contributed by atoms with van der Waals surface area (Å²) in [5.41, 5.74) is 3.56. The summed E-state index contributed by atoms with van der Waals surface area (Å²) in [5.74, 6) is -0.306. The Morgan fingerprint density at radius 2 is 2.04 bits per heavy atom. The Bertz CT molecular complexity index is 663. The van der Waals surface area contributed by atoms with Crippen LogP contribution >= 0.6 is 0 Å². The Kier molecular flexibility index (Phi) is 5.93. The van der Waals surface area contributed by atoms with Gasteiger partial charge in [-0.05, 0) is 43.3 Å². The Balaban J connectivity index is 1.76. The number of amides is 1. The molecule has 0 bridgehead atoms. The Morgan fingerprint density at radius 1 is 1.26 bits per heavy atom. The lowest BCUT2D eigenvalue weighted by Crippen LogP contribution is -2.24. The number of nitrogens with zero attached hydrogens (tertiary/aromatic N) is 1. The van der Waals surface area contributed by atoms with Crippen LogP contribution in [0.5, 0.6) is 5.75 Å². The molecule has 23 heavy (non-hydrogen) atoms. The summed E-state index contributed by atoms with van der Waals surface area (Å²) < 4.78 is 10.2. The minimum Gasteiger partial charge on any atom is -0.484 e. The molecule has 0 aliphatic rings. The number of carbonyl (C=O) groups is 2. The zero-order chi connectivity index (χ0) is 16.5. The summed E-state index contributed by atoms with van der Waals surface area (Å²) >= 11 is 0. The summed E-state index contributed by atoms with van der Waals surface area (Å²) in [4.78, 5) is 26.0. The smallest absolute Gasteiger partial charge is 0.338 e. The Hall–Kier alpha value is -3.09. The van der Waals surface area contributed by atoms with Crippen molar-refractivity contribution in [3.05, 3.63) is 53.9 Å². The Labute approximate surface area is 133 Å². The predicted molar refractivity (Wildman–Crippen MR) is 84.4 cm³/mol. The number of hydrazone groups is 1. The first kappa shape index (κ1) is 16.3. The standard InChI is InChI=1S/C16H17N3O4/c1-2-22-16(21)12-5-7-14(8-6-12)23-11-15(20)19-18-10-13-4-3-9-17-13/h3-10,17H,2,11H2,1H3,(H,19,20)/b18-10+. The van der Waals surface area contributed by atoms with Gasteiger partial charge in [-0.15, -0.1) is 0 Å². The summed E-state index contributed by atoms with van der Waals surface area (Å²) in [6.07, 6.45) is 3.25. The normalized spacial score (nSPS) is 10.5. The van der Waals surface area contributed by atoms with Crippen molar-refractivity contribution in [2.24, 2.45) is 5.10 Å². The highest BCUT2D eigenvalue weighted by atomic mass is 16.5. The second kappa shape index (κ2) is 8.38. The number of carbonyl (C=O) groups excluding carboxylic acids is 2. The van der Waals surface area contributed by atoms with Gasteiger partial charge in [-0.3, -0.25) is 4.79 Å². The van der Waals surface area contributed by atoms with Crippen LogP contribution in [-0.2, 0) is 9.53 Å². The SMILES string of the molecule is CCOC(=O)c1ccc(OCC(=O)N/N=C/c2ccc[nH]2)cc1. The molecule has 1 aromatic heterocycles. The van der Waals surface area contributed by atoms with Crippen LogP contribution in [0.3, 0.4) is 0 Å². The number of aromatic amines is 1. The van der Waals surface area contributed by atoms with Gasteiger partial charge in [0.2, 0.25) is 0 Å². The van der Waals surface area contributed by atoms with E-state index < -0.39 is 5.97 Å². The molecule has 0 aliphatic carbocycles. The van der Waals surface area contributed by atoms with Crippen LogP contribution in [0.1, 0.15) is 23.0 Å². The third kappa shape index (κ3) is 5.31. The lowest BCUT2D eigenvalue weighted by atomic mass is 10.2. The van der Waals surface area contributed by atoms with Gasteiger partial charge in [0.1, 0.15) is 5.75 Å². The van der Waals surface area contributed by atoms with E-state index in [1.54, 1.807) is 37.4 Å². The summed E-state index contributed by atoms with van der Waals surface area (Å²) in [5, 5.41) is 3.79. The van der Waals surface area contributed by atoms with E-state index in [0.29, 0.717) is 17.9 Å². The molecular weight excluding hydrogens is 298 g/mol. The van der Waals surface area contributed by atoms with Gasteiger partial charge in [0.15, 0.2) is 6.61 Å². The average Bonchev–Trinajstić information content (AvgIpc) is 3.07. The predicted octanol–water partition coefficient (Wildman–Crippen LogP) is 1.72. The maximum Gasteiger partial charge on any atom is 0.338 e. The number of aromatic nitrogens is 1. The summed E-state index contributed by atoms with van der Waals surface area (Å²) in [6, 6.07) is 10.00. The fourth-order valence-electron chi connectivity index (χ4n) is 1.68. The van der Waals surface area contributed by atoms with Gasteiger partial charge in [-0.2, -0.15) is 5.10 Å².